The number of nitrogens with zero attached hydrogens (tertiary/aromatic N) is 2. The quantitative estimate of drug-likeness (QED) is 0.868. The number of amides is 2. The van der Waals surface area contributed by atoms with Gasteiger partial charge in [0.25, 0.3) is 0 Å². The largest absolute Gasteiger partial charge is 0.378 e. The Hall–Kier alpha value is -0.810. The zero-order valence-electron chi connectivity index (χ0n) is 13.8. The highest BCUT2D eigenvalue weighted by atomic mass is 16.5. The summed E-state index contributed by atoms with van der Waals surface area (Å²) in [6.45, 7) is 6.28. The van der Waals surface area contributed by atoms with Gasteiger partial charge in [-0.2, -0.15) is 0 Å². The summed E-state index contributed by atoms with van der Waals surface area (Å²) in [6, 6.07) is 0.431. The predicted molar refractivity (Wildman–Crippen MR) is 87.0 cm³/mol. The zero-order valence-corrected chi connectivity index (χ0v) is 13.8. The Labute approximate surface area is 134 Å². The van der Waals surface area contributed by atoms with Gasteiger partial charge < -0.3 is 19.9 Å². The van der Waals surface area contributed by atoms with Gasteiger partial charge in [0.2, 0.25) is 0 Å². The van der Waals surface area contributed by atoms with E-state index < -0.39 is 0 Å². The summed E-state index contributed by atoms with van der Waals surface area (Å²) in [4.78, 5) is 16.8. The Morgan fingerprint density at radius 2 is 1.77 bits per heavy atom. The lowest BCUT2D eigenvalue weighted by atomic mass is 9.88. The van der Waals surface area contributed by atoms with Crippen molar-refractivity contribution in [2.24, 2.45) is 5.92 Å². The number of hydrogen-bond acceptors (Lipinski definition) is 3. The van der Waals surface area contributed by atoms with Crippen LogP contribution in [0.1, 0.15) is 44.9 Å². The van der Waals surface area contributed by atoms with E-state index in [-0.39, 0.29) is 6.03 Å². The van der Waals surface area contributed by atoms with Gasteiger partial charge in [-0.1, -0.05) is 19.3 Å². The molecule has 0 aromatic rings. The molecule has 1 unspecified atom stereocenters. The average molecular weight is 309 g/mol. The van der Waals surface area contributed by atoms with Crippen molar-refractivity contribution in [1.29, 1.82) is 0 Å². The molecule has 0 aromatic heterocycles. The minimum absolute atomic E-state index is 0.104. The number of rotatable bonds is 3. The highest BCUT2D eigenvalue weighted by Crippen LogP contribution is 2.25. The van der Waals surface area contributed by atoms with E-state index in [4.69, 9.17) is 4.74 Å². The molecular weight excluding hydrogens is 278 g/mol. The van der Waals surface area contributed by atoms with Crippen LogP contribution in [-0.4, -0.2) is 67.8 Å². The Bertz CT molecular complexity index is 352. The molecule has 1 N–H and O–H groups in total. The summed E-state index contributed by atoms with van der Waals surface area (Å²) in [6.07, 6.45) is 9.39. The fraction of sp³-hybridized carbons (Fsp3) is 0.941. The SMILES string of the molecule is O=C(NC1CCCN(CC2CCCCC2)C1)N1CCOCC1. The fourth-order valence-corrected chi connectivity index (χ4v) is 4.11. The third-order valence-corrected chi connectivity index (χ3v) is 5.37. The fourth-order valence-electron chi connectivity index (χ4n) is 4.11. The number of carbonyl (C=O) groups is 1. The summed E-state index contributed by atoms with van der Waals surface area (Å²) in [5.41, 5.74) is 0. The van der Waals surface area contributed by atoms with Crippen molar-refractivity contribution in [2.75, 3.05) is 45.9 Å². The lowest BCUT2D eigenvalue weighted by Crippen LogP contribution is -2.54. The van der Waals surface area contributed by atoms with Crippen LogP contribution in [0.4, 0.5) is 4.79 Å². The topological polar surface area (TPSA) is 44.8 Å². The van der Waals surface area contributed by atoms with E-state index in [1.807, 2.05) is 4.90 Å². The van der Waals surface area contributed by atoms with Crippen LogP contribution in [0.15, 0.2) is 0 Å². The zero-order chi connectivity index (χ0) is 15.2. The third-order valence-electron chi connectivity index (χ3n) is 5.37. The van der Waals surface area contributed by atoms with Crippen LogP contribution in [0, 0.1) is 5.92 Å². The smallest absolute Gasteiger partial charge is 0.317 e. The number of urea groups is 1. The number of carbonyl (C=O) groups excluding carboxylic acids is 1. The van der Waals surface area contributed by atoms with Gasteiger partial charge in [0, 0.05) is 32.2 Å². The van der Waals surface area contributed by atoms with E-state index >= 15 is 0 Å². The van der Waals surface area contributed by atoms with Gasteiger partial charge in [-0.25, -0.2) is 4.79 Å². The molecule has 0 aromatic carbocycles. The predicted octanol–water partition coefficient (Wildman–Crippen LogP) is 2.07. The van der Waals surface area contributed by atoms with Crippen LogP contribution in [0.5, 0.6) is 0 Å². The molecule has 2 saturated heterocycles. The van der Waals surface area contributed by atoms with Gasteiger partial charge in [0.15, 0.2) is 0 Å². The average Bonchev–Trinajstić information content (AvgIpc) is 2.57. The van der Waals surface area contributed by atoms with Crippen molar-refractivity contribution in [3.63, 3.8) is 0 Å². The van der Waals surface area contributed by atoms with Crippen molar-refractivity contribution < 1.29 is 9.53 Å². The van der Waals surface area contributed by atoms with Crippen LogP contribution in [0.2, 0.25) is 0 Å². The maximum absolute atomic E-state index is 12.3. The minimum Gasteiger partial charge on any atom is -0.378 e. The first-order chi connectivity index (χ1) is 10.8. The van der Waals surface area contributed by atoms with E-state index in [1.54, 1.807) is 0 Å². The number of nitrogens with one attached hydrogen (secondary N) is 1. The molecule has 2 heterocycles. The van der Waals surface area contributed by atoms with E-state index in [9.17, 15) is 4.79 Å². The monoisotopic (exact) mass is 309 g/mol. The molecule has 2 amide bonds. The molecule has 0 bridgehead atoms. The Balaban J connectivity index is 1.42. The highest BCUT2D eigenvalue weighted by molar-refractivity contribution is 5.74. The second kappa shape index (κ2) is 8.16. The van der Waals surface area contributed by atoms with Crippen LogP contribution < -0.4 is 5.32 Å². The van der Waals surface area contributed by atoms with E-state index in [1.165, 1.54) is 51.6 Å². The molecule has 5 heteroatoms. The van der Waals surface area contributed by atoms with Crippen LogP contribution >= 0.6 is 0 Å². The Kier molecular flexibility index (Phi) is 5.96. The number of morpholine rings is 1. The second-order valence-electron chi connectivity index (χ2n) is 7.15. The van der Waals surface area contributed by atoms with E-state index in [0.29, 0.717) is 19.3 Å². The Morgan fingerprint density at radius 3 is 2.55 bits per heavy atom. The first-order valence-electron chi connectivity index (χ1n) is 9.17. The second-order valence-corrected chi connectivity index (χ2v) is 7.15. The van der Waals surface area contributed by atoms with Crippen LogP contribution in [-0.2, 0) is 4.74 Å². The number of hydrogen-bond donors (Lipinski definition) is 1. The summed E-state index contributed by atoms with van der Waals surface area (Å²) >= 11 is 0. The molecule has 5 nitrogen and oxygen atoms in total. The summed E-state index contributed by atoms with van der Waals surface area (Å²) in [5.74, 6) is 0.891. The maximum atomic E-state index is 12.3. The lowest BCUT2D eigenvalue weighted by Gasteiger charge is -2.37. The third kappa shape index (κ3) is 4.59. The number of ether oxygens (including phenoxy) is 1. The normalized spacial score (nSPS) is 28.5. The maximum Gasteiger partial charge on any atom is 0.317 e. The molecule has 1 saturated carbocycles. The van der Waals surface area contributed by atoms with Gasteiger partial charge in [-0.15, -0.1) is 0 Å². The van der Waals surface area contributed by atoms with Crippen molar-refractivity contribution in [2.45, 2.75) is 51.0 Å². The lowest BCUT2D eigenvalue weighted by molar-refractivity contribution is 0.0511. The first kappa shape index (κ1) is 16.1. The van der Waals surface area contributed by atoms with Gasteiger partial charge in [-0.3, -0.25) is 0 Å². The molecule has 126 valence electrons. The van der Waals surface area contributed by atoms with Crippen molar-refractivity contribution in [1.82, 2.24) is 15.1 Å². The first-order valence-corrected chi connectivity index (χ1v) is 9.17. The molecule has 3 fully saturated rings. The van der Waals surface area contributed by atoms with Gasteiger partial charge in [0.05, 0.1) is 13.2 Å². The number of piperidine rings is 1. The summed E-state index contributed by atoms with van der Waals surface area (Å²) in [5, 5.41) is 3.25. The molecular formula is C17H31N3O2. The molecule has 0 radical (unpaired) electrons. The molecule has 22 heavy (non-hydrogen) atoms. The van der Waals surface area contributed by atoms with Crippen LogP contribution in [0.25, 0.3) is 0 Å². The number of likely N-dealkylation sites (tertiary alicyclic amines) is 1. The highest BCUT2D eigenvalue weighted by Gasteiger charge is 2.26. The van der Waals surface area contributed by atoms with Gasteiger partial charge in [-0.05, 0) is 38.1 Å². The molecule has 3 aliphatic rings. The summed E-state index contributed by atoms with van der Waals surface area (Å²) in [7, 11) is 0. The van der Waals surface area contributed by atoms with Crippen molar-refractivity contribution >= 4 is 6.03 Å². The molecule has 0 spiro atoms. The molecule has 1 aliphatic carbocycles. The van der Waals surface area contributed by atoms with Crippen LogP contribution in [0.3, 0.4) is 0 Å². The van der Waals surface area contributed by atoms with E-state index in [0.717, 1.165) is 32.0 Å². The summed E-state index contributed by atoms with van der Waals surface area (Å²) < 4.78 is 5.31. The molecule has 3 rings (SSSR count). The Morgan fingerprint density at radius 1 is 1.00 bits per heavy atom. The standard InChI is InChI=1S/C17H31N3O2/c21-17(20-9-11-22-12-10-20)18-16-7-4-8-19(14-16)13-15-5-2-1-3-6-15/h15-16H,1-14H2,(H,18,21). The molecule has 2 aliphatic heterocycles. The van der Waals surface area contributed by atoms with Crippen molar-refractivity contribution in [3.05, 3.63) is 0 Å². The van der Waals surface area contributed by atoms with Gasteiger partial charge >= 0.3 is 6.03 Å². The molecule has 1 atom stereocenters. The minimum atomic E-state index is 0.104. The van der Waals surface area contributed by atoms with E-state index in [2.05, 4.69) is 10.2 Å². The van der Waals surface area contributed by atoms with Gasteiger partial charge in [0.1, 0.15) is 0 Å². The van der Waals surface area contributed by atoms with Crippen molar-refractivity contribution in [3.8, 4) is 0 Å².